The van der Waals surface area contributed by atoms with Gasteiger partial charge in [-0.05, 0) is 25.3 Å². The van der Waals surface area contributed by atoms with Crippen LogP contribution in [0.2, 0.25) is 0 Å². The number of hydrogen-bond acceptors (Lipinski definition) is 12. The number of carbonyl (C=O) groups is 2. The molecule has 0 aliphatic carbocycles. The second kappa shape index (κ2) is 25.8. The molecule has 1 amide bonds. The molecular formula is C40H53F4N5O9. The molecule has 0 saturated heterocycles. The third-order valence-corrected chi connectivity index (χ3v) is 8.65. The Hall–Kier alpha value is -4.46. The molecule has 0 bridgehead atoms. The molecule has 0 fully saturated rings. The summed E-state index contributed by atoms with van der Waals surface area (Å²) in [6.07, 6.45) is 4.54. The Labute approximate surface area is 334 Å². The zero-order valence-corrected chi connectivity index (χ0v) is 32.8. The molecule has 320 valence electrons. The second-order valence-corrected chi connectivity index (χ2v) is 13.0. The Morgan fingerprint density at radius 2 is 1.28 bits per heavy atom. The average Bonchev–Trinajstić information content (AvgIpc) is 3.59. The zero-order chi connectivity index (χ0) is 41.5. The molecule has 18 heteroatoms. The topological polar surface area (TPSA) is 168 Å². The average molecular weight is 824 g/mol. The highest BCUT2D eigenvalue weighted by molar-refractivity contribution is 6.06. The molecule has 0 aliphatic rings. The van der Waals surface area contributed by atoms with Crippen molar-refractivity contribution in [2.24, 2.45) is 0 Å². The predicted molar refractivity (Wildman–Crippen MR) is 206 cm³/mol. The van der Waals surface area contributed by atoms with Gasteiger partial charge in [0, 0.05) is 37.4 Å². The van der Waals surface area contributed by atoms with Gasteiger partial charge in [-0.1, -0.05) is 31.5 Å². The first kappa shape index (κ1) is 46.2. The summed E-state index contributed by atoms with van der Waals surface area (Å²) in [4.78, 5) is 33.4. The molecular weight excluding hydrogens is 770 g/mol. The summed E-state index contributed by atoms with van der Waals surface area (Å²) in [7, 11) is 0. The van der Waals surface area contributed by atoms with Gasteiger partial charge in [0.2, 0.25) is 23.3 Å². The molecule has 2 aromatic carbocycles. The number of aromatic nitrogens is 3. The summed E-state index contributed by atoms with van der Waals surface area (Å²) in [6.45, 7) is 6.82. The van der Waals surface area contributed by atoms with Crippen molar-refractivity contribution >= 4 is 39.6 Å². The lowest BCUT2D eigenvalue weighted by Crippen LogP contribution is -2.26. The van der Waals surface area contributed by atoms with Gasteiger partial charge in [-0.25, -0.2) is 18.7 Å². The van der Waals surface area contributed by atoms with Gasteiger partial charge in [0.25, 0.3) is 0 Å². The predicted octanol–water partition coefficient (Wildman–Crippen LogP) is 5.45. The number of carbonyl (C=O) groups excluding carboxylic acids is 2. The summed E-state index contributed by atoms with van der Waals surface area (Å²) >= 11 is 0. The SMILES string of the molecule is CCCCc1nc2c(N)nc3ccccc3c2n1CCCCNC(=O)CCOCCOCCOCCOCCOCCOCCC(=O)Oc1c(F)c(F)cc(F)c1F. The molecule has 14 nitrogen and oxygen atoms in total. The van der Waals surface area contributed by atoms with Gasteiger partial charge in [0.15, 0.2) is 17.5 Å². The van der Waals surface area contributed by atoms with Crippen molar-refractivity contribution in [3.8, 4) is 5.75 Å². The number of pyridine rings is 1. The van der Waals surface area contributed by atoms with Crippen LogP contribution >= 0.6 is 0 Å². The van der Waals surface area contributed by atoms with Gasteiger partial charge in [0.1, 0.15) is 11.3 Å². The molecule has 0 radical (unpaired) electrons. The quantitative estimate of drug-likeness (QED) is 0.0225. The van der Waals surface area contributed by atoms with E-state index in [0.717, 1.165) is 66.4 Å². The molecule has 0 saturated carbocycles. The maximum atomic E-state index is 13.6. The standard InChI is InChI=1S/C40H53F4N5O9/c1-2-3-10-32-48-37-38(28-8-4-5-9-31(28)47-40(37)45)49(32)14-7-6-13-46-33(50)11-15-52-17-19-54-21-23-56-25-26-57-24-22-55-20-18-53-16-12-34(51)58-39-35(43)29(41)27-30(42)36(39)44/h4-5,8-9,27H,2-3,6-7,10-26H2,1H3,(H2,45,47)(H,46,50). The maximum Gasteiger partial charge on any atom is 0.313 e. The highest BCUT2D eigenvalue weighted by Crippen LogP contribution is 2.30. The minimum Gasteiger partial charge on any atom is -0.420 e. The van der Waals surface area contributed by atoms with Crippen molar-refractivity contribution in [2.75, 3.05) is 91.6 Å². The number of imidazole rings is 1. The van der Waals surface area contributed by atoms with Crippen LogP contribution in [-0.4, -0.2) is 112 Å². The van der Waals surface area contributed by atoms with Crippen molar-refractivity contribution in [3.05, 3.63) is 59.4 Å². The highest BCUT2D eigenvalue weighted by atomic mass is 19.2. The van der Waals surface area contributed by atoms with Gasteiger partial charge in [-0.3, -0.25) is 9.59 Å². The van der Waals surface area contributed by atoms with Crippen LogP contribution in [0.4, 0.5) is 23.4 Å². The van der Waals surface area contributed by atoms with Crippen LogP contribution in [0.1, 0.15) is 51.3 Å². The number of nitrogens with zero attached hydrogens (tertiary/aromatic N) is 3. The van der Waals surface area contributed by atoms with Crippen LogP contribution in [0, 0.1) is 23.3 Å². The number of nitrogens with one attached hydrogen (secondary N) is 1. The van der Waals surface area contributed by atoms with E-state index in [-0.39, 0.29) is 44.8 Å². The second-order valence-electron chi connectivity index (χ2n) is 13.0. The Morgan fingerprint density at radius 3 is 1.86 bits per heavy atom. The number of fused-ring (bicyclic) bond motifs is 3. The number of nitrogen functional groups attached to an aromatic ring is 1. The molecule has 2 heterocycles. The van der Waals surface area contributed by atoms with Gasteiger partial charge < -0.3 is 48.8 Å². The fourth-order valence-corrected chi connectivity index (χ4v) is 5.71. The third kappa shape index (κ3) is 15.0. The summed E-state index contributed by atoms with van der Waals surface area (Å²) in [5, 5.41) is 4.01. The van der Waals surface area contributed by atoms with Gasteiger partial charge in [0.05, 0.1) is 96.7 Å². The summed E-state index contributed by atoms with van der Waals surface area (Å²) in [6, 6.07) is 8.00. The largest absolute Gasteiger partial charge is 0.420 e. The Bertz CT molecular complexity index is 1860. The lowest BCUT2D eigenvalue weighted by Gasteiger charge is -2.11. The number of halogens is 4. The van der Waals surface area contributed by atoms with Crippen molar-refractivity contribution in [1.29, 1.82) is 0 Å². The number of esters is 1. The van der Waals surface area contributed by atoms with Crippen LogP contribution < -0.4 is 15.8 Å². The number of benzene rings is 2. The van der Waals surface area contributed by atoms with Crippen LogP contribution in [0.15, 0.2) is 30.3 Å². The number of rotatable bonds is 30. The number of anilines is 1. The fraction of sp³-hybridized carbons (Fsp3) is 0.550. The Balaban J connectivity index is 0.907. The zero-order valence-electron chi connectivity index (χ0n) is 32.8. The van der Waals surface area contributed by atoms with E-state index in [0.29, 0.717) is 65.2 Å². The normalized spacial score (nSPS) is 11.5. The minimum atomic E-state index is -1.80. The fourth-order valence-electron chi connectivity index (χ4n) is 5.71. The number of ether oxygens (including phenoxy) is 7. The van der Waals surface area contributed by atoms with Crippen molar-refractivity contribution in [1.82, 2.24) is 19.9 Å². The van der Waals surface area contributed by atoms with Gasteiger partial charge >= 0.3 is 5.97 Å². The first-order chi connectivity index (χ1) is 28.2. The van der Waals surface area contributed by atoms with Crippen LogP contribution in [0.3, 0.4) is 0 Å². The van der Waals surface area contributed by atoms with Crippen LogP contribution in [0.5, 0.6) is 5.75 Å². The summed E-state index contributed by atoms with van der Waals surface area (Å²) in [5.74, 6) is -8.10. The maximum absolute atomic E-state index is 13.6. The third-order valence-electron chi connectivity index (χ3n) is 8.65. The molecule has 58 heavy (non-hydrogen) atoms. The number of hydrogen-bond donors (Lipinski definition) is 2. The summed E-state index contributed by atoms with van der Waals surface area (Å²) in [5.41, 5.74) is 8.93. The Morgan fingerprint density at radius 1 is 0.724 bits per heavy atom. The van der Waals surface area contributed by atoms with Crippen LogP contribution in [0.25, 0.3) is 21.9 Å². The number of para-hydroxylation sites is 1. The smallest absolute Gasteiger partial charge is 0.313 e. The lowest BCUT2D eigenvalue weighted by molar-refractivity contribution is -0.136. The number of unbranched alkanes of at least 4 members (excludes halogenated alkanes) is 2. The number of nitrogens with two attached hydrogens (primary N) is 1. The molecule has 3 N–H and O–H groups in total. The molecule has 4 aromatic rings. The summed E-state index contributed by atoms with van der Waals surface area (Å²) < 4.78 is 92.5. The van der Waals surface area contributed by atoms with Gasteiger partial charge in [-0.15, -0.1) is 0 Å². The van der Waals surface area contributed by atoms with Crippen LogP contribution in [-0.2, 0) is 51.0 Å². The van der Waals surface area contributed by atoms with E-state index in [1.807, 2.05) is 18.2 Å². The van der Waals surface area contributed by atoms with E-state index in [2.05, 4.69) is 32.6 Å². The van der Waals surface area contributed by atoms with Gasteiger partial charge in [-0.2, -0.15) is 8.78 Å². The highest BCUT2D eigenvalue weighted by Gasteiger charge is 2.23. The van der Waals surface area contributed by atoms with E-state index in [1.54, 1.807) is 0 Å². The number of aryl methyl sites for hydroxylation is 2. The molecule has 2 aromatic heterocycles. The molecule has 0 atom stereocenters. The first-order valence-corrected chi connectivity index (χ1v) is 19.5. The van der Waals surface area contributed by atoms with Crippen molar-refractivity contribution in [2.45, 2.75) is 58.4 Å². The Kier molecular flexibility index (Phi) is 20.6. The first-order valence-electron chi connectivity index (χ1n) is 19.5. The lowest BCUT2D eigenvalue weighted by atomic mass is 10.2. The minimum absolute atomic E-state index is 0.0171. The van der Waals surface area contributed by atoms with E-state index in [1.165, 1.54) is 0 Å². The number of amides is 1. The van der Waals surface area contributed by atoms with Crippen molar-refractivity contribution in [3.63, 3.8) is 0 Å². The molecule has 0 spiro atoms. The van der Waals surface area contributed by atoms with Crippen molar-refractivity contribution < 1.29 is 60.3 Å². The monoisotopic (exact) mass is 823 g/mol. The molecule has 0 aliphatic heterocycles. The van der Waals surface area contributed by atoms with E-state index in [4.69, 9.17) is 39.1 Å². The van der Waals surface area contributed by atoms with E-state index in [9.17, 15) is 27.2 Å². The van der Waals surface area contributed by atoms with E-state index < -0.39 is 41.4 Å². The molecule has 4 rings (SSSR count). The van der Waals surface area contributed by atoms with E-state index >= 15 is 0 Å². The molecule has 0 unspecified atom stereocenters.